The molecule has 2 rings (SSSR count). The Morgan fingerprint density at radius 1 is 1.24 bits per heavy atom. The number of halogens is 2. The van der Waals surface area contributed by atoms with E-state index < -0.39 is 6.61 Å². The molecule has 0 saturated heterocycles. The van der Waals surface area contributed by atoms with E-state index in [1.807, 2.05) is 16.8 Å². The zero-order chi connectivity index (χ0) is 18.1. The standard InChI is InChI=1S/C17H21F2N3O2S/c1-3-23-14-6-4-5-13(15(14)24-16(18)19)10-22-17(20-2)21-9-12-7-8-25-11-12/h4-8,11,16H,3,9-10H2,1-2H3,(H2,20,21,22). The number of nitrogens with zero attached hydrogens (tertiary/aromatic N) is 1. The van der Waals surface area contributed by atoms with Gasteiger partial charge in [0, 0.05) is 25.7 Å². The molecule has 0 spiro atoms. The Morgan fingerprint density at radius 3 is 2.68 bits per heavy atom. The minimum atomic E-state index is -2.92. The third-order valence-corrected chi connectivity index (χ3v) is 4.01. The van der Waals surface area contributed by atoms with E-state index in [4.69, 9.17) is 4.74 Å². The van der Waals surface area contributed by atoms with Crippen molar-refractivity contribution in [2.75, 3.05) is 13.7 Å². The van der Waals surface area contributed by atoms with Gasteiger partial charge in [-0.1, -0.05) is 12.1 Å². The molecular formula is C17H21F2N3O2S. The summed E-state index contributed by atoms with van der Waals surface area (Å²) in [5.41, 5.74) is 1.71. The van der Waals surface area contributed by atoms with Gasteiger partial charge in [0.25, 0.3) is 0 Å². The van der Waals surface area contributed by atoms with Crippen molar-refractivity contribution in [3.8, 4) is 11.5 Å². The van der Waals surface area contributed by atoms with Crippen LogP contribution in [0.5, 0.6) is 11.5 Å². The number of hydrogen-bond acceptors (Lipinski definition) is 4. The van der Waals surface area contributed by atoms with Crippen LogP contribution >= 0.6 is 11.3 Å². The first kappa shape index (κ1) is 19.0. The Bertz CT molecular complexity index is 679. The molecule has 0 radical (unpaired) electrons. The van der Waals surface area contributed by atoms with Crippen LogP contribution in [0, 0.1) is 0 Å². The molecule has 0 fully saturated rings. The Balaban J connectivity index is 2.03. The van der Waals surface area contributed by atoms with E-state index >= 15 is 0 Å². The second kappa shape index (κ2) is 9.83. The number of aliphatic imine (C=N–C) groups is 1. The topological polar surface area (TPSA) is 54.9 Å². The van der Waals surface area contributed by atoms with E-state index in [9.17, 15) is 8.78 Å². The van der Waals surface area contributed by atoms with Gasteiger partial charge in [-0.25, -0.2) is 0 Å². The van der Waals surface area contributed by atoms with Crippen LogP contribution in [0.4, 0.5) is 8.78 Å². The molecule has 136 valence electrons. The molecule has 1 aromatic heterocycles. The maximum Gasteiger partial charge on any atom is 0.387 e. The SMILES string of the molecule is CCOc1cccc(CNC(=NC)NCc2ccsc2)c1OC(F)F. The van der Waals surface area contributed by atoms with Crippen LogP contribution in [-0.4, -0.2) is 26.2 Å². The lowest BCUT2D eigenvalue weighted by Gasteiger charge is -2.17. The monoisotopic (exact) mass is 369 g/mol. The molecule has 2 aromatic rings. The highest BCUT2D eigenvalue weighted by molar-refractivity contribution is 7.07. The molecule has 5 nitrogen and oxygen atoms in total. The van der Waals surface area contributed by atoms with Crippen LogP contribution in [0.25, 0.3) is 0 Å². The molecule has 8 heteroatoms. The van der Waals surface area contributed by atoms with Gasteiger partial charge in [-0.05, 0) is 35.4 Å². The van der Waals surface area contributed by atoms with Gasteiger partial charge in [0.05, 0.1) is 6.61 Å². The van der Waals surface area contributed by atoms with E-state index in [-0.39, 0.29) is 12.3 Å². The average Bonchev–Trinajstić information content (AvgIpc) is 3.10. The Morgan fingerprint density at radius 2 is 2.04 bits per heavy atom. The van der Waals surface area contributed by atoms with Crippen molar-refractivity contribution in [1.29, 1.82) is 0 Å². The van der Waals surface area contributed by atoms with Gasteiger partial charge in [0.1, 0.15) is 0 Å². The fourth-order valence-electron chi connectivity index (χ4n) is 2.17. The van der Waals surface area contributed by atoms with Gasteiger partial charge >= 0.3 is 6.61 Å². The highest BCUT2D eigenvalue weighted by Crippen LogP contribution is 2.32. The second-order valence-corrected chi connectivity index (χ2v) is 5.75. The van der Waals surface area contributed by atoms with Crippen molar-refractivity contribution in [2.24, 2.45) is 4.99 Å². The quantitative estimate of drug-likeness (QED) is 0.551. The average molecular weight is 369 g/mol. The Labute approximate surface area is 149 Å². The highest BCUT2D eigenvalue weighted by Gasteiger charge is 2.16. The van der Waals surface area contributed by atoms with E-state index in [1.165, 1.54) is 0 Å². The third-order valence-electron chi connectivity index (χ3n) is 3.28. The van der Waals surface area contributed by atoms with Crippen LogP contribution in [0.2, 0.25) is 0 Å². The van der Waals surface area contributed by atoms with Crippen molar-refractivity contribution >= 4 is 17.3 Å². The molecule has 2 N–H and O–H groups in total. The molecule has 0 aliphatic carbocycles. The smallest absolute Gasteiger partial charge is 0.387 e. The van der Waals surface area contributed by atoms with Crippen LogP contribution in [0.3, 0.4) is 0 Å². The first-order valence-electron chi connectivity index (χ1n) is 7.79. The molecule has 1 aromatic carbocycles. The summed E-state index contributed by atoms with van der Waals surface area (Å²) >= 11 is 1.62. The fourth-order valence-corrected chi connectivity index (χ4v) is 2.84. The number of ether oxygens (including phenoxy) is 2. The van der Waals surface area contributed by atoms with Crippen molar-refractivity contribution in [3.63, 3.8) is 0 Å². The zero-order valence-electron chi connectivity index (χ0n) is 14.1. The number of para-hydroxylation sites is 1. The maximum absolute atomic E-state index is 12.7. The second-order valence-electron chi connectivity index (χ2n) is 4.97. The van der Waals surface area contributed by atoms with E-state index in [0.717, 1.165) is 5.56 Å². The number of hydrogen-bond donors (Lipinski definition) is 2. The summed E-state index contributed by atoms with van der Waals surface area (Å²) in [6, 6.07) is 7.07. The normalized spacial score (nSPS) is 11.5. The minimum Gasteiger partial charge on any atom is -0.490 e. The van der Waals surface area contributed by atoms with Gasteiger partial charge in [-0.2, -0.15) is 20.1 Å². The molecule has 0 unspecified atom stereocenters. The number of nitrogens with one attached hydrogen (secondary N) is 2. The molecule has 0 aliphatic rings. The predicted octanol–water partition coefficient (Wildman–Crippen LogP) is 3.61. The number of thiophene rings is 1. The number of benzene rings is 1. The molecule has 0 amide bonds. The van der Waals surface area contributed by atoms with Crippen molar-refractivity contribution < 1.29 is 18.3 Å². The van der Waals surface area contributed by atoms with E-state index in [2.05, 4.69) is 20.4 Å². The summed E-state index contributed by atoms with van der Waals surface area (Å²) in [6.07, 6.45) is 0. The first-order valence-corrected chi connectivity index (χ1v) is 8.73. The van der Waals surface area contributed by atoms with Crippen molar-refractivity contribution in [1.82, 2.24) is 10.6 Å². The lowest BCUT2D eigenvalue weighted by Crippen LogP contribution is -2.36. The third kappa shape index (κ3) is 5.90. The maximum atomic E-state index is 12.7. The molecule has 0 atom stereocenters. The fraction of sp³-hybridized carbons (Fsp3) is 0.353. The van der Waals surface area contributed by atoms with Gasteiger partial charge in [-0.15, -0.1) is 0 Å². The predicted molar refractivity (Wildman–Crippen MR) is 95.6 cm³/mol. The van der Waals surface area contributed by atoms with Crippen LogP contribution in [-0.2, 0) is 13.1 Å². The van der Waals surface area contributed by atoms with Crippen molar-refractivity contribution in [2.45, 2.75) is 26.6 Å². The summed E-state index contributed by atoms with van der Waals surface area (Å²) in [7, 11) is 1.65. The van der Waals surface area contributed by atoms with Gasteiger partial charge < -0.3 is 20.1 Å². The molecule has 25 heavy (non-hydrogen) atoms. The van der Waals surface area contributed by atoms with E-state index in [1.54, 1.807) is 43.5 Å². The van der Waals surface area contributed by atoms with Gasteiger partial charge in [-0.3, -0.25) is 4.99 Å². The molecule has 1 heterocycles. The Hall–Kier alpha value is -2.35. The van der Waals surface area contributed by atoms with Crippen LogP contribution in [0.1, 0.15) is 18.1 Å². The largest absolute Gasteiger partial charge is 0.490 e. The first-order chi connectivity index (χ1) is 12.1. The molecule has 0 bridgehead atoms. The summed E-state index contributed by atoms with van der Waals surface area (Å²) in [5, 5.41) is 10.3. The minimum absolute atomic E-state index is 0.0418. The number of rotatable bonds is 8. The number of alkyl halides is 2. The summed E-state index contributed by atoms with van der Waals surface area (Å²) in [6.45, 7) is 0.124. The summed E-state index contributed by atoms with van der Waals surface area (Å²) < 4.78 is 35.5. The number of guanidine groups is 1. The summed E-state index contributed by atoms with van der Waals surface area (Å²) in [5.74, 6) is 0.902. The Kier molecular flexibility index (Phi) is 7.46. The van der Waals surface area contributed by atoms with Gasteiger partial charge in [0.15, 0.2) is 17.5 Å². The molecule has 0 saturated carbocycles. The lowest BCUT2D eigenvalue weighted by molar-refractivity contribution is -0.0520. The van der Waals surface area contributed by atoms with E-state index in [0.29, 0.717) is 30.4 Å². The highest BCUT2D eigenvalue weighted by atomic mass is 32.1. The molecule has 0 aliphatic heterocycles. The van der Waals surface area contributed by atoms with Crippen molar-refractivity contribution in [3.05, 3.63) is 46.2 Å². The summed E-state index contributed by atoms with van der Waals surface area (Å²) in [4.78, 5) is 4.13. The van der Waals surface area contributed by atoms with Gasteiger partial charge in [0.2, 0.25) is 0 Å². The zero-order valence-corrected chi connectivity index (χ0v) is 14.9. The van der Waals surface area contributed by atoms with Crippen LogP contribution in [0.15, 0.2) is 40.0 Å². The van der Waals surface area contributed by atoms with Crippen LogP contribution < -0.4 is 20.1 Å². The molecular weight excluding hydrogens is 348 g/mol. The lowest BCUT2D eigenvalue weighted by atomic mass is 10.2.